The summed E-state index contributed by atoms with van der Waals surface area (Å²) in [5.74, 6) is 0.251. The molecule has 0 aromatic carbocycles. The van der Waals surface area contributed by atoms with E-state index < -0.39 is 0 Å². The average Bonchev–Trinajstić information content (AvgIpc) is 2.31. The van der Waals surface area contributed by atoms with Crippen molar-refractivity contribution in [1.29, 1.82) is 0 Å². The van der Waals surface area contributed by atoms with E-state index in [1.165, 1.54) is 0 Å². The van der Waals surface area contributed by atoms with Crippen molar-refractivity contribution in [2.24, 2.45) is 0 Å². The van der Waals surface area contributed by atoms with Gasteiger partial charge in [-0.2, -0.15) is 0 Å². The monoisotopic (exact) mass is 210 g/mol. The van der Waals surface area contributed by atoms with Gasteiger partial charge in [-0.05, 0) is 19.9 Å². The Bertz CT molecular complexity index is 207. The first-order valence-corrected chi connectivity index (χ1v) is 5.57. The van der Waals surface area contributed by atoms with E-state index in [9.17, 15) is 5.11 Å². The Morgan fingerprint density at radius 3 is 1.80 bits per heavy atom. The summed E-state index contributed by atoms with van der Waals surface area (Å²) < 4.78 is 0. The fourth-order valence-corrected chi connectivity index (χ4v) is 0.717. The van der Waals surface area contributed by atoms with Crippen molar-refractivity contribution < 1.29 is 5.11 Å². The average molecular weight is 210 g/mol. The predicted molar refractivity (Wildman–Crippen MR) is 72.2 cm³/mol. The van der Waals surface area contributed by atoms with E-state index in [4.69, 9.17) is 0 Å². The maximum absolute atomic E-state index is 9.31. The second-order valence-corrected chi connectivity index (χ2v) is 2.03. The molecule has 0 spiro atoms. The number of rotatable bonds is 3. The first-order valence-electron chi connectivity index (χ1n) is 5.57. The van der Waals surface area contributed by atoms with E-state index >= 15 is 0 Å². The zero-order valence-electron chi connectivity index (χ0n) is 11.0. The molecule has 0 aromatic rings. The smallest absolute Gasteiger partial charge is 0.122 e. The quantitative estimate of drug-likeness (QED) is 0.502. The Morgan fingerprint density at radius 2 is 1.53 bits per heavy atom. The minimum atomic E-state index is 0.251. The van der Waals surface area contributed by atoms with Gasteiger partial charge < -0.3 is 5.11 Å². The molecule has 0 unspecified atom stereocenters. The van der Waals surface area contributed by atoms with E-state index in [0.717, 1.165) is 5.57 Å². The van der Waals surface area contributed by atoms with E-state index in [1.807, 2.05) is 59.8 Å². The molecule has 0 aromatic heterocycles. The Labute approximate surface area is 95.5 Å². The largest absolute Gasteiger partial charge is 0.507 e. The van der Waals surface area contributed by atoms with Crippen molar-refractivity contribution in [3.63, 3.8) is 0 Å². The van der Waals surface area contributed by atoms with Crippen LogP contribution in [0.25, 0.3) is 0 Å². The highest BCUT2D eigenvalue weighted by Gasteiger charge is 1.93. The van der Waals surface area contributed by atoms with Crippen LogP contribution in [0, 0.1) is 0 Å². The van der Waals surface area contributed by atoms with Crippen LogP contribution in [-0.4, -0.2) is 5.11 Å². The molecule has 1 nitrogen and oxygen atoms in total. The molecule has 15 heavy (non-hydrogen) atoms. The maximum Gasteiger partial charge on any atom is 0.122 e. The zero-order valence-corrected chi connectivity index (χ0v) is 11.0. The van der Waals surface area contributed by atoms with Crippen LogP contribution in [0.1, 0.15) is 41.5 Å². The van der Waals surface area contributed by atoms with Crippen molar-refractivity contribution in [1.82, 2.24) is 0 Å². The molecule has 0 aliphatic rings. The van der Waals surface area contributed by atoms with E-state index in [1.54, 1.807) is 12.2 Å². The lowest BCUT2D eigenvalue weighted by Crippen LogP contribution is -1.82. The maximum atomic E-state index is 9.31. The third-order valence-electron chi connectivity index (χ3n) is 1.23. The van der Waals surface area contributed by atoms with Crippen LogP contribution >= 0.6 is 0 Å². The van der Waals surface area contributed by atoms with Crippen molar-refractivity contribution >= 4 is 0 Å². The van der Waals surface area contributed by atoms with Crippen LogP contribution < -0.4 is 0 Å². The van der Waals surface area contributed by atoms with Crippen LogP contribution in [0.5, 0.6) is 0 Å². The fourth-order valence-electron chi connectivity index (χ4n) is 0.717. The summed E-state index contributed by atoms with van der Waals surface area (Å²) in [5, 5.41) is 9.31. The fraction of sp³-hybridized carbons (Fsp3) is 0.429. The van der Waals surface area contributed by atoms with Gasteiger partial charge in [-0.3, -0.25) is 0 Å². The van der Waals surface area contributed by atoms with Gasteiger partial charge in [0.05, 0.1) is 0 Å². The summed E-state index contributed by atoms with van der Waals surface area (Å²) in [6, 6.07) is 0. The van der Waals surface area contributed by atoms with Gasteiger partial charge in [0.25, 0.3) is 0 Å². The van der Waals surface area contributed by atoms with Crippen LogP contribution in [-0.2, 0) is 0 Å². The van der Waals surface area contributed by atoms with Gasteiger partial charge in [0.2, 0.25) is 0 Å². The van der Waals surface area contributed by atoms with Gasteiger partial charge >= 0.3 is 0 Å². The molecule has 0 saturated carbocycles. The standard InChI is InChI=1S/C10H14O.2C2H6/c1-4-7-9(6-3)10(11)8-5-2;2*1-2/h4-8,11H,2H2,1,3H3;2*1-2H3/b7-4+,9-6-,10-8+;;. The number of hydrogen-bond donors (Lipinski definition) is 1. The van der Waals surface area contributed by atoms with E-state index in [-0.39, 0.29) is 5.76 Å². The summed E-state index contributed by atoms with van der Waals surface area (Å²) in [6.45, 7) is 15.3. The molecule has 0 saturated heterocycles. The molecular weight excluding hydrogens is 184 g/mol. The Kier molecular flexibility index (Phi) is 23.9. The molecule has 0 atom stereocenters. The lowest BCUT2D eigenvalue weighted by Gasteiger charge is -1.97. The molecule has 0 rings (SSSR count). The van der Waals surface area contributed by atoms with Crippen molar-refractivity contribution in [3.05, 3.63) is 48.3 Å². The lowest BCUT2D eigenvalue weighted by atomic mass is 10.2. The normalized spacial score (nSPS) is 11.1. The summed E-state index contributed by atoms with van der Waals surface area (Å²) in [4.78, 5) is 0. The second-order valence-electron chi connectivity index (χ2n) is 2.03. The van der Waals surface area contributed by atoms with Gasteiger partial charge in [-0.1, -0.05) is 58.6 Å². The van der Waals surface area contributed by atoms with Gasteiger partial charge in [0, 0.05) is 5.57 Å². The van der Waals surface area contributed by atoms with Crippen molar-refractivity contribution in [2.45, 2.75) is 41.5 Å². The molecule has 0 radical (unpaired) electrons. The third kappa shape index (κ3) is 12.8. The number of hydrogen-bond acceptors (Lipinski definition) is 1. The summed E-state index contributed by atoms with van der Waals surface area (Å²) >= 11 is 0. The molecular formula is C14H26O. The molecule has 0 amide bonds. The molecule has 1 heteroatoms. The van der Waals surface area contributed by atoms with Crippen molar-refractivity contribution in [2.75, 3.05) is 0 Å². The third-order valence-corrected chi connectivity index (χ3v) is 1.23. The lowest BCUT2D eigenvalue weighted by molar-refractivity contribution is 0.426. The Balaban J connectivity index is -0.000000318. The minimum Gasteiger partial charge on any atom is -0.507 e. The van der Waals surface area contributed by atoms with Crippen LogP contribution in [0.4, 0.5) is 0 Å². The summed E-state index contributed by atoms with van der Waals surface area (Å²) in [7, 11) is 0. The molecule has 0 heterocycles. The predicted octanol–water partition coefficient (Wildman–Crippen LogP) is 5.19. The molecule has 0 aliphatic heterocycles. The number of aliphatic hydroxyl groups is 1. The molecule has 0 fully saturated rings. The highest BCUT2D eigenvalue weighted by Crippen LogP contribution is 2.07. The zero-order chi connectivity index (χ0) is 12.7. The van der Waals surface area contributed by atoms with Crippen LogP contribution in [0.15, 0.2) is 48.3 Å². The van der Waals surface area contributed by atoms with Gasteiger partial charge in [0.15, 0.2) is 0 Å². The summed E-state index contributed by atoms with van der Waals surface area (Å²) in [5.41, 5.74) is 0.812. The summed E-state index contributed by atoms with van der Waals surface area (Å²) in [6.07, 6.45) is 8.69. The Hall–Kier alpha value is -1.24. The first kappa shape index (κ1) is 19.4. The van der Waals surface area contributed by atoms with E-state index in [0.29, 0.717) is 0 Å². The van der Waals surface area contributed by atoms with Crippen molar-refractivity contribution in [3.8, 4) is 0 Å². The van der Waals surface area contributed by atoms with E-state index in [2.05, 4.69) is 6.58 Å². The molecule has 0 bridgehead atoms. The second kappa shape index (κ2) is 18.5. The number of allylic oxidation sites excluding steroid dienone is 5. The molecule has 0 aliphatic carbocycles. The SMILES string of the molecule is C=C\C=C(O)/C(=C\C)/C=C/C.CC.CC. The Morgan fingerprint density at radius 1 is 1.07 bits per heavy atom. The van der Waals surface area contributed by atoms with Gasteiger partial charge in [-0.25, -0.2) is 0 Å². The molecule has 1 N–H and O–H groups in total. The molecule has 88 valence electrons. The first-order chi connectivity index (χ1) is 7.26. The highest BCUT2D eigenvalue weighted by atomic mass is 16.3. The minimum absolute atomic E-state index is 0.251. The topological polar surface area (TPSA) is 20.2 Å². The number of aliphatic hydroxyl groups excluding tert-OH is 1. The highest BCUT2D eigenvalue weighted by molar-refractivity contribution is 5.35. The van der Waals surface area contributed by atoms with Crippen LogP contribution in [0.3, 0.4) is 0 Å². The van der Waals surface area contributed by atoms with Gasteiger partial charge in [-0.15, -0.1) is 0 Å². The van der Waals surface area contributed by atoms with Gasteiger partial charge in [0.1, 0.15) is 5.76 Å². The van der Waals surface area contributed by atoms with Crippen LogP contribution in [0.2, 0.25) is 0 Å².